The van der Waals surface area contributed by atoms with Crippen molar-refractivity contribution >= 4 is 15.6 Å². The Labute approximate surface area is 78.8 Å². The molecular weight excluding hydrogens is 188 g/mol. The first-order chi connectivity index (χ1) is 5.91. The lowest BCUT2D eigenvalue weighted by molar-refractivity contribution is -0.112. The standard InChI is InChI=1S/C9H14O3S/c1-7(10)6-8-4-3-5-9(8)13(2,11)12/h6,9H,3-5H2,1-2H3/b8-6-. The molecule has 1 rings (SSSR count). The van der Waals surface area contributed by atoms with Crippen molar-refractivity contribution in [2.24, 2.45) is 0 Å². The number of hydrogen-bond acceptors (Lipinski definition) is 3. The lowest BCUT2D eigenvalue weighted by atomic mass is 10.2. The summed E-state index contributed by atoms with van der Waals surface area (Å²) in [5.74, 6) is -0.0643. The van der Waals surface area contributed by atoms with Crippen LogP contribution in [0.5, 0.6) is 0 Å². The normalized spacial score (nSPS) is 26.6. The summed E-state index contributed by atoms with van der Waals surface area (Å²) in [5.41, 5.74) is 0.787. The summed E-state index contributed by atoms with van der Waals surface area (Å²) in [6.45, 7) is 1.45. The molecule has 0 amide bonds. The van der Waals surface area contributed by atoms with Crippen molar-refractivity contribution < 1.29 is 13.2 Å². The van der Waals surface area contributed by atoms with Crippen LogP contribution >= 0.6 is 0 Å². The van der Waals surface area contributed by atoms with Crippen LogP contribution in [0.3, 0.4) is 0 Å². The van der Waals surface area contributed by atoms with Crippen LogP contribution < -0.4 is 0 Å². The minimum absolute atomic E-state index is 0.0643. The van der Waals surface area contributed by atoms with Crippen molar-refractivity contribution in [2.75, 3.05) is 6.26 Å². The third kappa shape index (κ3) is 2.66. The highest BCUT2D eigenvalue weighted by atomic mass is 32.2. The van der Waals surface area contributed by atoms with Gasteiger partial charge in [0.15, 0.2) is 15.6 Å². The van der Waals surface area contributed by atoms with Gasteiger partial charge in [-0.1, -0.05) is 0 Å². The molecule has 1 saturated carbocycles. The van der Waals surface area contributed by atoms with Crippen LogP contribution in [0.1, 0.15) is 26.2 Å². The van der Waals surface area contributed by atoms with Gasteiger partial charge in [0, 0.05) is 6.26 Å². The van der Waals surface area contributed by atoms with E-state index in [0.717, 1.165) is 18.4 Å². The van der Waals surface area contributed by atoms with Gasteiger partial charge in [-0.05, 0) is 37.8 Å². The van der Waals surface area contributed by atoms with Gasteiger partial charge >= 0.3 is 0 Å². The van der Waals surface area contributed by atoms with Gasteiger partial charge in [-0.2, -0.15) is 0 Å². The molecule has 0 aromatic heterocycles. The summed E-state index contributed by atoms with van der Waals surface area (Å²) in [6.07, 6.45) is 4.99. The van der Waals surface area contributed by atoms with Crippen molar-refractivity contribution in [1.82, 2.24) is 0 Å². The Hall–Kier alpha value is -0.640. The molecule has 74 valence electrons. The third-order valence-corrected chi connectivity index (χ3v) is 3.82. The first-order valence-electron chi connectivity index (χ1n) is 4.31. The molecule has 1 fully saturated rings. The summed E-state index contributed by atoms with van der Waals surface area (Å²) in [7, 11) is -3.02. The molecule has 0 saturated heterocycles. The van der Waals surface area contributed by atoms with E-state index < -0.39 is 15.1 Å². The number of sulfone groups is 1. The predicted molar refractivity (Wildman–Crippen MR) is 51.2 cm³/mol. The van der Waals surface area contributed by atoms with Gasteiger partial charge in [0.25, 0.3) is 0 Å². The molecule has 0 N–H and O–H groups in total. The van der Waals surface area contributed by atoms with Crippen molar-refractivity contribution in [3.63, 3.8) is 0 Å². The lowest BCUT2D eigenvalue weighted by Gasteiger charge is -2.08. The van der Waals surface area contributed by atoms with Gasteiger partial charge in [0.1, 0.15) is 0 Å². The van der Waals surface area contributed by atoms with Crippen LogP contribution in [-0.4, -0.2) is 25.7 Å². The Kier molecular flexibility index (Phi) is 2.91. The molecule has 0 spiro atoms. The first kappa shape index (κ1) is 10.4. The first-order valence-corrected chi connectivity index (χ1v) is 6.26. The zero-order valence-electron chi connectivity index (χ0n) is 7.91. The lowest BCUT2D eigenvalue weighted by Crippen LogP contribution is -2.18. The zero-order chi connectivity index (χ0) is 10.1. The van der Waals surface area contributed by atoms with Crippen LogP contribution in [0.15, 0.2) is 11.6 Å². The quantitative estimate of drug-likeness (QED) is 0.630. The van der Waals surface area contributed by atoms with E-state index in [4.69, 9.17) is 0 Å². The summed E-state index contributed by atoms with van der Waals surface area (Å²) < 4.78 is 22.5. The minimum atomic E-state index is -3.02. The van der Waals surface area contributed by atoms with Crippen LogP contribution in [-0.2, 0) is 14.6 Å². The molecule has 1 atom stereocenters. The van der Waals surface area contributed by atoms with E-state index >= 15 is 0 Å². The van der Waals surface area contributed by atoms with E-state index in [1.54, 1.807) is 0 Å². The topological polar surface area (TPSA) is 51.2 Å². The molecule has 3 nitrogen and oxygen atoms in total. The number of carbonyl (C=O) groups is 1. The maximum absolute atomic E-state index is 11.3. The van der Waals surface area contributed by atoms with E-state index in [0.29, 0.717) is 6.42 Å². The van der Waals surface area contributed by atoms with Crippen LogP contribution in [0, 0.1) is 0 Å². The van der Waals surface area contributed by atoms with E-state index in [1.807, 2.05) is 0 Å². The summed E-state index contributed by atoms with van der Waals surface area (Å²) in [6, 6.07) is 0. The SMILES string of the molecule is CC(=O)/C=C1/CCCC1S(C)(=O)=O. The molecule has 1 aliphatic rings. The number of carbonyl (C=O) groups excluding carboxylic acids is 1. The van der Waals surface area contributed by atoms with E-state index in [1.165, 1.54) is 19.3 Å². The summed E-state index contributed by atoms with van der Waals surface area (Å²) >= 11 is 0. The molecule has 0 heterocycles. The fraction of sp³-hybridized carbons (Fsp3) is 0.667. The van der Waals surface area contributed by atoms with Crippen LogP contribution in [0.4, 0.5) is 0 Å². The Morgan fingerprint density at radius 2 is 2.15 bits per heavy atom. The minimum Gasteiger partial charge on any atom is -0.295 e. The van der Waals surface area contributed by atoms with E-state index in [2.05, 4.69) is 0 Å². The Morgan fingerprint density at radius 3 is 2.62 bits per heavy atom. The number of hydrogen-bond donors (Lipinski definition) is 0. The second-order valence-electron chi connectivity index (χ2n) is 3.54. The van der Waals surface area contributed by atoms with Gasteiger partial charge in [0.2, 0.25) is 0 Å². The average molecular weight is 202 g/mol. The highest BCUT2D eigenvalue weighted by Crippen LogP contribution is 2.29. The average Bonchev–Trinajstić information content (AvgIpc) is 2.31. The molecule has 0 radical (unpaired) electrons. The molecule has 13 heavy (non-hydrogen) atoms. The molecular formula is C9H14O3S. The summed E-state index contributed by atoms with van der Waals surface area (Å²) in [5, 5.41) is -0.406. The fourth-order valence-corrected chi connectivity index (χ4v) is 3.08. The Balaban J connectivity index is 2.95. The monoisotopic (exact) mass is 202 g/mol. The van der Waals surface area contributed by atoms with Crippen molar-refractivity contribution in [2.45, 2.75) is 31.4 Å². The Morgan fingerprint density at radius 1 is 1.54 bits per heavy atom. The van der Waals surface area contributed by atoms with E-state index in [-0.39, 0.29) is 5.78 Å². The van der Waals surface area contributed by atoms with Gasteiger partial charge in [-0.25, -0.2) is 8.42 Å². The molecule has 1 unspecified atom stereocenters. The van der Waals surface area contributed by atoms with Crippen molar-refractivity contribution in [3.05, 3.63) is 11.6 Å². The fourth-order valence-electron chi connectivity index (χ4n) is 1.75. The number of rotatable bonds is 2. The highest BCUT2D eigenvalue weighted by molar-refractivity contribution is 7.91. The number of ketones is 1. The largest absolute Gasteiger partial charge is 0.295 e. The molecule has 1 aliphatic carbocycles. The molecule has 0 aliphatic heterocycles. The van der Waals surface area contributed by atoms with Gasteiger partial charge in [0.05, 0.1) is 5.25 Å². The smallest absolute Gasteiger partial charge is 0.154 e. The summed E-state index contributed by atoms with van der Waals surface area (Å²) in [4.78, 5) is 10.8. The van der Waals surface area contributed by atoms with Gasteiger partial charge in [-0.3, -0.25) is 4.79 Å². The number of allylic oxidation sites excluding steroid dienone is 1. The predicted octanol–water partition coefficient (Wildman–Crippen LogP) is 1.10. The third-order valence-electron chi connectivity index (χ3n) is 2.25. The van der Waals surface area contributed by atoms with Gasteiger partial charge in [-0.15, -0.1) is 0 Å². The van der Waals surface area contributed by atoms with Crippen LogP contribution in [0.2, 0.25) is 0 Å². The Bertz CT molecular complexity index is 338. The van der Waals surface area contributed by atoms with Crippen molar-refractivity contribution in [3.8, 4) is 0 Å². The molecule has 0 aromatic carbocycles. The maximum atomic E-state index is 11.3. The van der Waals surface area contributed by atoms with Crippen LogP contribution in [0.25, 0.3) is 0 Å². The van der Waals surface area contributed by atoms with Crippen molar-refractivity contribution in [1.29, 1.82) is 0 Å². The highest BCUT2D eigenvalue weighted by Gasteiger charge is 2.29. The van der Waals surface area contributed by atoms with E-state index in [9.17, 15) is 13.2 Å². The molecule has 0 aromatic rings. The zero-order valence-corrected chi connectivity index (χ0v) is 8.73. The van der Waals surface area contributed by atoms with Gasteiger partial charge < -0.3 is 0 Å². The second kappa shape index (κ2) is 3.62. The maximum Gasteiger partial charge on any atom is 0.154 e. The molecule has 0 bridgehead atoms. The molecule has 4 heteroatoms. The second-order valence-corrected chi connectivity index (χ2v) is 5.77.